The summed E-state index contributed by atoms with van der Waals surface area (Å²) in [6.07, 6.45) is 9.88. The molecule has 1 N–H and O–H groups in total. The van der Waals surface area contributed by atoms with Crippen molar-refractivity contribution in [2.24, 2.45) is 4.99 Å². The highest BCUT2D eigenvalue weighted by atomic mass is 15.3. The molecule has 2 atom stereocenters. The monoisotopic (exact) mass is 319 g/mol. The van der Waals surface area contributed by atoms with Crippen molar-refractivity contribution < 1.29 is 0 Å². The van der Waals surface area contributed by atoms with Crippen LogP contribution in [0.3, 0.4) is 0 Å². The Morgan fingerprint density at radius 2 is 2.00 bits per heavy atom. The normalized spacial score (nSPS) is 30.3. The predicted molar refractivity (Wildman–Crippen MR) is 96.9 cm³/mol. The summed E-state index contributed by atoms with van der Waals surface area (Å²) in [4.78, 5) is 12.2. The Balaban J connectivity index is 1.48. The third-order valence-corrected chi connectivity index (χ3v) is 5.69. The van der Waals surface area contributed by atoms with Crippen LogP contribution in [0.25, 0.3) is 0 Å². The van der Waals surface area contributed by atoms with Crippen LogP contribution in [0.5, 0.6) is 0 Å². The Kier molecular flexibility index (Phi) is 5.95. The second-order valence-corrected chi connectivity index (χ2v) is 7.02. The first kappa shape index (κ1) is 16.8. The molecule has 5 nitrogen and oxygen atoms in total. The maximum Gasteiger partial charge on any atom is 0.193 e. The molecular weight excluding hydrogens is 286 g/mol. The van der Waals surface area contributed by atoms with Crippen molar-refractivity contribution >= 4 is 5.96 Å². The van der Waals surface area contributed by atoms with Gasteiger partial charge in [0.05, 0.1) is 0 Å². The number of likely N-dealkylation sites (tertiary alicyclic amines) is 2. The van der Waals surface area contributed by atoms with Gasteiger partial charge in [-0.2, -0.15) is 0 Å². The van der Waals surface area contributed by atoms with Crippen LogP contribution in [-0.4, -0.2) is 85.6 Å². The Labute approximate surface area is 141 Å². The minimum atomic E-state index is 0.673. The van der Waals surface area contributed by atoms with Gasteiger partial charge in [0.2, 0.25) is 0 Å². The molecule has 3 aliphatic heterocycles. The number of piperidine rings is 1. The molecule has 3 heterocycles. The molecule has 2 fully saturated rings. The lowest BCUT2D eigenvalue weighted by Gasteiger charge is -2.36. The van der Waals surface area contributed by atoms with Crippen molar-refractivity contribution in [3.05, 3.63) is 12.2 Å². The van der Waals surface area contributed by atoms with Crippen molar-refractivity contribution in [2.45, 2.75) is 44.7 Å². The molecule has 2 unspecified atom stereocenters. The van der Waals surface area contributed by atoms with E-state index in [9.17, 15) is 0 Å². The minimum absolute atomic E-state index is 0.673. The van der Waals surface area contributed by atoms with E-state index in [1.807, 2.05) is 7.05 Å². The summed E-state index contributed by atoms with van der Waals surface area (Å²) < 4.78 is 0. The Morgan fingerprint density at radius 3 is 2.74 bits per heavy atom. The van der Waals surface area contributed by atoms with Crippen molar-refractivity contribution in [1.29, 1.82) is 0 Å². The number of rotatable bonds is 4. The maximum absolute atomic E-state index is 4.55. The number of likely N-dealkylation sites (N-methyl/N-ethyl adjacent to an activating group) is 1. The quantitative estimate of drug-likeness (QED) is 0.482. The highest BCUT2D eigenvalue weighted by Gasteiger charge is 2.30. The van der Waals surface area contributed by atoms with Gasteiger partial charge >= 0.3 is 0 Å². The lowest BCUT2D eigenvalue weighted by atomic mass is 10.0. The van der Waals surface area contributed by atoms with Gasteiger partial charge in [0.25, 0.3) is 0 Å². The highest BCUT2D eigenvalue weighted by molar-refractivity contribution is 5.80. The zero-order chi connectivity index (χ0) is 16.1. The lowest BCUT2D eigenvalue weighted by Crippen LogP contribution is -2.50. The number of hydrogen-bond donors (Lipinski definition) is 1. The topological polar surface area (TPSA) is 34.1 Å². The second-order valence-electron chi connectivity index (χ2n) is 7.02. The molecule has 5 heteroatoms. The molecule has 0 aromatic heterocycles. The molecular formula is C18H33N5. The SMILES string of the molecule is CCN1CCCCC1CNC(=NC)N1CCC(N2CC=CC2)C1. The van der Waals surface area contributed by atoms with E-state index in [2.05, 4.69) is 44.1 Å². The average Bonchev–Trinajstić information content (AvgIpc) is 3.27. The number of guanidine groups is 1. The van der Waals surface area contributed by atoms with E-state index in [0.717, 1.165) is 38.7 Å². The molecule has 0 bridgehead atoms. The molecule has 23 heavy (non-hydrogen) atoms. The van der Waals surface area contributed by atoms with Gasteiger partial charge in [0.1, 0.15) is 0 Å². The van der Waals surface area contributed by atoms with E-state index in [-0.39, 0.29) is 0 Å². The van der Waals surface area contributed by atoms with Gasteiger partial charge in [-0.15, -0.1) is 0 Å². The number of nitrogens with zero attached hydrogens (tertiary/aromatic N) is 4. The number of nitrogens with one attached hydrogen (secondary N) is 1. The van der Waals surface area contributed by atoms with E-state index in [4.69, 9.17) is 0 Å². The van der Waals surface area contributed by atoms with Crippen molar-refractivity contribution in [1.82, 2.24) is 20.0 Å². The molecule has 0 amide bonds. The fraction of sp³-hybridized carbons (Fsp3) is 0.833. The van der Waals surface area contributed by atoms with Crippen LogP contribution < -0.4 is 5.32 Å². The molecule has 0 aromatic carbocycles. The Bertz CT molecular complexity index is 425. The first-order chi connectivity index (χ1) is 11.3. The van der Waals surface area contributed by atoms with E-state index >= 15 is 0 Å². The summed E-state index contributed by atoms with van der Waals surface area (Å²) in [5.41, 5.74) is 0. The zero-order valence-corrected chi connectivity index (χ0v) is 14.9. The third kappa shape index (κ3) is 4.07. The Hall–Kier alpha value is -1.07. The van der Waals surface area contributed by atoms with Gasteiger partial charge < -0.3 is 10.2 Å². The lowest BCUT2D eigenvalue weighted by molar-refractivity contribution is 0.156. The second kappa shape index (κ2) is 8.15. The van der Waals surface area contributed by atoms with Gasteiger partial charge in [-0.3, -0.25) is 14.8 Å². The summed E-state index contributed by atoms with van der Waals surface area (Å²) in [6.45, 7) is 10.2. The first-order valence-corrected chi connectivity index (χ1v) is 9.40. The van der Waals surface area contributed by atoms with Crippen LogP contribution in [-0.2, 0) is 0 Å². The van der Waals surface area contributed by atoms with Crippen LogP contribution in [0.15, 0.2) is 17.1 Å². The van der Waals surface area contributed by atoms with E-state index in [1.165, 1.54) is 38.8 Å². The third-order valence-electron chi connectivity index (χ3n) is 5.69. The van der Waals surface area contributed by atoms with Crippen LogP contribution >= 0.6 is 0 Å². The molecule has 0 aliphatic carbocycles. The molecule has 3 rings (SSSR count). The average molecular weight is 319 g/mol. The smallest absolute Gasteiger partial charge is 0.193 e. The molecule has 0 aromatic rings. The van der Waals surface area contributed by atoms with E-state index < -0.39 is 0 Å². The number of hydrogen-bond acceptors (Lipinski definition) is 3. The van der Waals surface area contributed by atoms with Crippen LogP contribution in [0.1, 0.15) is 32.6 Å². The summed E-state index contributed by atoms with van der Waals surface area (Å²) in [5, 5.41) is 3.66. The summed E-state index contributed by atoms with van der Waals surface area (Å²) >= 11 is 0. The molecule has 3 aliphatic rings. The fourth-order valence-electron chi connectivity index (χ4n) is 4.27. The van der Waals surface area contributed by atoms with E-state index in [0.29, 0.717) is 12.1 Å². The van der Waals surface area contributed by atoms with Crippen molar-refractivity contribution in [2.75, 3.05) is 52.9 Å². The summed E-state index contributed by atoms with van der Waals surface area (Å²) in [5.74, 6) is 1.10. The van der Waals surface area contributed by atoms with Crippen molar-refractivity contribution in [3.63, 3.8) is 0 Å². The van der Waals surface area contributed by atoms with Gasteiger partial charge in [-0.05, 0) is 32.4 Å². The van der Waals surface area contributed by atoms with Crippen molar-refractivity contribution in [3.8, 4) is 0 Å². The maximum atomic E-state index is 4.55. The van der Waals surface area contributed by atoms with E-state index in [1.54, 1.807) is 0 Å². The standard InChI is InChI=1S/C18H33N5/c1-3-21-10-5-4-8-16(21)14-20-18(19-2)23-13-9-17(15-23)22-11-6-7-12-22/h6-7,16-17H,3-5,8-15H2,1-2H3,(H,19,20). The van der Waals surface area contributed by atoms with Gasteiger partial charge in [0, 0.05) is 51.9 Å². The summed E-state index contributed by atoms with van der Waals surface area (Å²) in [6, 6.07) is 1.36. The van der Waals surface area contributed by atoms with Crippen LogP contribution in [0.4, 0.5) is 0 Å². The van der Waals surface area contributed by atoms with Gasteiger partial charge in [-0.25, -0.2) is 0 Å². The van der Waals surface area contributed by atoms with Gasteiger partial charge in [0.15, 0.2) is 5.96 Å². The molecule has 0 spiro atoms. The largest absolute Gasteiger partial charge is 0.355 e. The summed E-state index contributed by atoms with van der Waals surface area (Å²) in [7, 11) is 1.92. The molecule has 2 saturated heterocycles. The van der Waals surface area contributed by atoms with Crippen LogP contribution in [0, 0.1) is 0 Å². The Morgan fingerprint density at radius 1 is 1.17 bits per heavy atom. The molecule has 130 valence electrons. The molecule has 0 radical (unpaired) electrons. The zero-order valence-electron chi connectivity index (χ0n) is 14.9. The first-order valence-electron chi connectivity index (χ1n) is 9.40. The highest BCUT2D eigenvalue weighted by Crippen LogP contribution is 2.19. The molecule has 0 saturated carbocycles. The van der Waals surface area contributed by atoms with Gasteiger partial charge in [-0.1, -0.05) is 25.5 Å². The number of aliphatic imine (C=N–C) groups is 1. The predicted octanol–water partition coefficient (Wildman–Crippen LogP) is 1.38. The van der Waals surface area contributed by atoms with Crippen LogP contribution in [0.2, 0.25) is 0 Å². The fourth-order valence-corrected chi connectivity index (χ4v) is 4.27. The minimum Gasteiger partial charge on any atom is -0.355 e.